The third-order valence-corrected chi connectivity index (χ3v) is 5.08. The average Bonchev–Trinajstić information content (AvgIpc) is 3.11. The number of carbonyl (C=O) groups excluding carboxylic acids is 1. The van der Waals surface area contributed by atoms with Crippen molar-refractivity contribution in [2.24, 2.45) is 0 Å². The van der Waals surface area contributed by atoms with Crippen LogP contribution in [-0.4, -0.2) is 37.2 Å². The molecular formula is C16H24N6OS. The van der Waals surface area contributed by atoms with Crippen LogP contribution in [0, 0.1) is 6.92 Å². The Bertz CT molecular complexity index is 744. The summed E-state index contributed by atoms with van der Waals surface area (Å²) < 4.78 is 1.87. The van der Waals surface area contributed by atoms with Gasteiger partial charge in [-0.05, 0) is 13.8 Å². The van der Waals surface area contributed by atoms with Gasteiger partial charge in [-0.25, -0.2) is 19.4 Å². The standard InChI is InChI=1S/C16H24N6OS/c1-10(14-19-12(9-24-14)16(3,4)5)17-15(23)21-6-7-22-13(8-21)18-11(2)20-22/h9-10H,6-8H2,1-5H3,(H,17,23)/t10-/m1/s1. The second kappa shape index (κ2) is 6.16. The van der Waals surface area contributed by atoms with Crippen molar-refractivity contribution >= 4 is 17.4 Å². The average molecular weight is 348 g/mol. The zero-order chi connectivity index (χ0) is 17.5. The maximum atomic E-state index is 12.5. The fourth-order valence-corrected chi connectivity index (χ4v) is 3.66. The molecule has 1 atom stereocenters. The molecule has 1 N–H and O–H groups in total. The van der Waals surface area contributed by atoms with Crippen LogP contribution in [0.15, 0.2) is 5.38 Å². The van der Waals surface area contributed by atoms with E-state index in [1.807, 2.05) is 18.5 Å². The van der Waals surface area contributed by atoms with E-state index in [4.69, 9.17) is 0 Å². The number of amides is 2. The Kier molecular flexibility index (Phi) is 4.33. The van der Waals surface area contributed by atoms with E-state index in [0.29, 0.717) is 19.6 Å². The molecule has 0 fully saturated rings. The molecule has 0 aromatic carbocycles. The summed E-state index contributed by atoms with van der Waals surface area (Å²) in [6, 6.07) is -0.193. The Hall–Kier alpha value is -1.96. The summed E-state index contributed by atoms with van der Waals surface area (Å²) in [7, 11) is 0. The summed E-state index contributed by atoms with van der Waals surface area (Å²) in [6.07, 6.45) is 0. The Labute approximate surface area is 146 Å². The Balaban J connectivity index is 1.63. The van der Waals surface area contributed by atoms with E-state index in [-0.39, 0.29) is 17.5 Å². The van der Waals surface area contributed by atoms with Crippen LogP contribution in [0.5, 0.6) is 0 Å². The van der Waals surface area contributed by atoms with Crippen molar-refractivity contribution in [2.75, 3.05) is 6.54 Å². The van der Waals surface area contributed by atoms with E-state index in [1.54, 1.807) is 16.2 Å². The van der Waals surface area contributed by atoms with Crippen LogP contribution in [-0.2, 0) is 18.5 Å². The topological polar surface area (TPSA) is 75.9 Å². The molecule has 0 unspecified atom stereocenters. The Morgan fingerprint density at radius 2 is 2.08 bits per heavy atom. The molecular weight excluding hydrogens is 324 g/mol. The zero-order valence-electron chi connectivity index (χ0n) is 14.8. The molecule has 2 aromatic rings. The lowest BCUT2D eigenvalue weighted by Crippen LogP contribution is -2.45. The lowest BCUT2D eigenvalue weighted by molar-refractivity contribution is 0.176. The van der Waals surface area contributed by atoms with Gasteiger partial charge in [-0.1, -0.05) is 20.8 Å². The van der Waals surface area contributed by atoms with Crippen molar-refractivity contribution in [1.29, 1.82) is 0 Å². The fourth-order valence-electron chi connectivity index (χ4n) is 2.60. The molecule has 0 saturated heterocycles. The summed E-state index contributed by atoms with van der Waals surface area (Å²) >= 11 is 1.59. The van der Waals surface area contributed by atoms with Gasteiger partial charge in [-0.2, -0.15) is 5.10 Å². The first kappa shape index (κ1) is 16.9. The molecule has 1 aliphatic rings. The van der Waals surface area contributed by atoms with Gasteiger partial charge in [0.15, 0.2) is 0 Å². The maximum absolute atomic E-state index is 12.5. The summed E-state index contributed by atoms with van der Waals surface area (Å²) in [6.45, 7) is 12.1. The predicted octanol–water partition coefficient (Wildman–Crippen LogP) is 2.63. The number of rotatable bonds is 2. The number of aryl methyl sites for hydroxylation is 1. The minimum Gasteiger partial charge on any atom is -0.329 e. The number of urea groups is 1. The predicted molar refractivity (Wildman–Crippen MR) is 92.9 cm³/mol. The Morgan fingerprint density at radius 3 is 2.75 bits per heavy atom. The zero-order valence-corrected chi connectivity index (χ0v) is 15.6. The van der Waals surface area contributed by atoms with E-state index >= 15 is 0 Å². The lowest BCUT2D eigenvalue weighted by Gasteiger charge is -2.28. The highest BCUT2D eigenvalue weighted by molar-refractivity contribution is 7.09. The molecule has 2 amide bonds. The van der Waals surface area contributed by atoms with Crippen LogP contribution in [0.3, 0.4) is 0 Å². The normalized spacial score (nSPS) is 16.0. The van der Waals surface area contributed by atoms with Crippen LogP contribution in [0.1, 0.15) is 56.1 Å². The van der Waals surface area contributed by atoms with Gasteiger partial charge in [0.05, 0.1) is 24.8 Å². The minimum atomic E-state index is -0.111. The van der Waals surface area contributed by atoms with Crippen molar-refractivity contribution in [3.05, 3.63) is 27.7 Å². The van der Waals surface area contributed by atoms with E-state index < -0.39 is 0 Å². The summed E-state index contributed by atoms with van der Waals surface area (Å²) in [4.78, 5) is 23.4. The third kappa shape index (κ3) is 3.43. The van der Waals surface area contributed by atoms with Gasteiger partial charge in [0.25, 0.3) is 0 Å². The molecule has 0 bridgehead atoms. The molecule has 3 rings (SSSR count). The van der Waals surface area contributed by atoms with Crippen molar-refractivity contribution in [3.63, 3.8) is 0 Å². The van der Waals surface area contributed by atoms with Gasteiger partial charge < -0.3 is 10.2 Å². The van der Waals surface area contributed by atoms with E-state index in [1.165, 1.54) is 0 Å². The monoisotopic (exact) mass is 348 g/mol. The van der Waals surface area contributed by atoms with Crippen LogP contribution in [0.2, 0.25) is 0 Å². The van der Waals surface area contributed by atoms with Crippen LogP contribution in [0.25, 0.3) is 0 Å². The first-order valence-electron chi connectivity index (χ1n) is 8.15. The van der Waals surface area contributed by atoms with Crippen molar-refractivity contribution in [1.82, 2.24) is 30.0 Å². The van der Waals surface area contributed by atoms with Crippen molar-refractivity contribution < 1.29 is 4.79 Å². The van der Waals surface area contributed by atoms with Gasteiger partial charge >= 0.3 is 6.03 Å². The highest BCUT2D eigenvalue weighted by atomic mass is 32.1. The number of hydrogen-bond acceptors (Lipinski definition) is 5. The summed E-state index contributed by atoms with van der Waals surface area (Å²) in [5.41, 5.74) is 1.08. The number of carbonyl (C=O) groups is 1. The van der Waals surface area contributed by atoms with E-state index in [2.05, 4.69) is 46.5 Å². The number of aromatic nitrogens is 4. The lowest BCUT2D eigenvalue weighted by atomic mass is 9.93. The van der Waals surface area contributed by atoms with Gasteiger partial charge in [0, 0.05) is 17.3 Å². The Morgan fingerprint density at radius 1 is 1.33 bits per heavy atom. The van der Waals surface area contributed by atoms with E-state index in [0.717, 1.165) is 22.4 Å². The molecule has 130 valence electrons. The molecule has 3 heterocycles. The largest absolute Gasteiger partial charge is 0.329 e. The smallest absolute Gasteiger partial charge is 0.318 e. The molecule has 24 heavy (non-hydrogen) atoms. The molecule has 7 nitrogen and oxygen atoms in total. The molecule has 2 aromatic heterocycles. The molecule has 0 saturated carbocycles. The van der Waals surface area contributed by atoms with Gasteiger partial charge in [-0.15, -0.1) is 11.3 Å². The minimum absolute atomic E-state index is 0.0211. The van der Waals surface area contributed by atoms with Crippen LogP contribution >= 0.6 is 11.3 Å². The van der Waals surface area contributed by atoms with Crippen LogP contribution < -0.4 is 5.32 Å². The highest BCUT2D eigenvalue weighted by Crippen LogP contribution is 2.27. The second-order valence-electron chi connectivity index (χ2n) is 7.21. The number of hydrogen-bond donors (Lipinski definition) is 1. The quantitative estimate of drug-likeness (QED) is 0.905. The molecule has 0 spiro atoms. The van der Waals surface area contributed by atoms with Gasteiger partial charge in [0.1, 0.15) is 16.7 Å². The summed E-state index contributed by atoms with van der Waals surface area (Å²) in [5, 5.41) is 10.4. The first-order valence-corrected chi connectivity index (χ1v) is 9.03. The molecule has 0 aliphatic carbocycles. The molecule has 0 radical (unpaired) electrons. The van der Waals surface area contributed by atoms with Crippen molar-refractivity contribution in [3.8, 4) is 0 Å². The SMILES string of the molecule is Cc1nc2n(n1)CCN(C(=O)N[C@H](C)c1nc(C(C)(C)C)cs1)C2. The van der Waals surface area contributed by atoms with Gasteiger partial charge in [0.2, 0.25) is 0 Å². The number of fused-ring (bicyclic) bond motifs is 1. The third-order valence-electron chi connectivity index (χ3n) is 4.06. The molecule has 8 heteroatoms. The van der Waals surface area contributed by atoms with Gasteiger partial charge in [-0.3, -0.25) is 0 Å². The number of thiazole rings is 1. The van der Waals surface area contributed by atoms with Crippen molar-refractivity contribution in [2.45, 2.75) is 59.2 Å². The fraction of sp³-hybridized carbons (Fsp3) is 0.625. The first-order chi connectivity index (χ1) is 11.2. The summed E-state index contributed by atoms with van der Waals surface area (Å²) in [5.74, 6) is 1.59. The second-order valence-corrected chi connectivity index (χ2v) is 8.10. The highest BCUT2D eigenvalue weighted by Gasteiger charge is 2.25. The van der Waals surface area contributed by atoms with E-state index in [9.17, 15) is 4.79 Å². The molecule has 1 aliphatic heterocycles. The van der Waals surface area contributed by atoms with Crippen LogP contribution in [0.4, 0.5) is 4.79 Å². The maximum Gasteiger partial charge on any atom is 0.318 e. The number of nitrogens with zero attached hydrogens (tertiary/aromatic N) is 5. The number of nitrogens with one attached hydrogen (secondary N) is 1.